The Bertz CT molecular complexity index is 1780. The van der Waals surface area contributed by atoms with E-state index in [0.717, 1.165) is 17.4 Å². The maximum atomic E-state index is 2.54. The molecule has 0 amide bonds. The Labute approximate surface area is 225 Å². The van der Waals surface area contributed by atoms with Crippen LogP contribution in [0.15, 0.2) is 133 Å². The maximum absolute atomic E-state index is 2.54. The molecule has 1 aliphatic rings. The zero-order valence-corrected chi connectivity index (χ0v) is 22.1. The van der Waals surface area contributed by atoms with Crippen molar-refractivity contribution in [2.45, 2.75) is 6.42 Å². The molecular weight excluding hydrogens is 457 g/mol. The van der Waals surface area contributed by atoms with E-state index in [0.29, 0.717) is 0 Å². The summed E-state index contributed by atoms with van der Waals surface area (Å²) in [7, 11) is 4.89. The van der Waals surface area contributed by atoms with Gasteiger partial charge in [0.2, 0.25) is 0 Å². The second kappa shape index (κ2) is 8.72. The first-order valence-corrected chi connectivity index (χ1v) is 13.7. The summed E-state index contributed by atoms with van der Waals surface area (Å²) in [5.74, 6) is 0. The van der Waals surface area contributed by atoms with Crippen LogP contribution < -0.4 is 10.9 Å². The van der Waals surface area contributed by atoms with E-state index in [2.05, 4.69) is 148 Å². The molecule has 0 atom stereocenters. The van der Waals surface area contributed by atoms with Crippen molar-refractivity contribution in [3.05, 3.63) is 139 Å². The predicted octanol–water partition coefficient (Wildman–Crippen LogP) is 7.31. The summed E-state index contributed by atoms with van der Waals surface area (Å²) in [6.45, 7) is 1.09. The Hall–Kier alpha value is -4.14. The van der Waals surface area contributed by atoms with Gasteiger partial charge in [0.1, 0.15) is 0 Å². The molecule has 0 N–H and O–H groups in total. The van der Waals surface area contributed by atoms with E-state index in [9.17, 15) is 0 Å². The van der Waals surface area contributed by atoms with Crippen LogP contribution in [0, 0.1) is 0 Å². The summed E-state index contributed by atoms with van der Waals surface area (Å²) in [5.41, 5.74) is 5.60. The zero-order chi connectivity index (χ0) is 25.7. The largest absolute Gasteiger partial charge is 0.509 e. The lowest BCUT2D eigenvalue weighted by Gasteiger charge is -2.60. The van der Waals surface area contributed by atoms with Crippen molar-refractivity contribution in [3.8, 4) is 0 Å². The predicted molar refractivity (Wildman–Crippen MR) is 166 cm³/mol. The smallest absolute Gasteiger partial charge is 0.291 e. The molecule has 38 heavy (non-hydrogen) atoms. The van der Waals surface area contributed by atoms with Crippen LogP contribution in [0.2, 0.25) is 0 Å². The van der Waals surface area contributed by atoms with Crippen molar-refractivity contribution >= 4 is 55.0 Å². The van der Waals surface area contributed by atoms with Gasteiger partial charge >= 0.3 is 0 Å². The zero-order valence-electron chi connectivity index (χ0n) is 22.1. The van der Waals surface area contributed by atoms with Crippen LogP contribution in [0.4, 0.5) is 0 Å². The van der Waals surface area contributed by atoms with Crippen LogP contribution in [0.1, 0.15) is 12.0 Å². The fourth-order valence-electron chi connectivity index (χ4n) is 7.32. The summed E-state index contributed by atoms with van der Waals surface area (Å²) in [6, 6.07) is 47.7. The van der Waals surface area contributed by atoms with Gasteiger partial charge < -0.3 is 4.39 Å². The molecule has 1 heterocycles. The van der Waals surface area contributed by atoms with Crippen molar-refractivity contribution in [1.29, 1.82) is 0 Å². The van der Waals surface area contributed by atoms with Crippen molar-refractivity contribution in [1.82, 2.24) is 0 Å². The quantitative estimate of drug-likeness (QED) is 0.229. The molecule has 6 aromatic carbocycles. The summed E-state index contributed by atoms with van der Waals surface area (Å²) >= 11 is 0. The Morgan fingerprint density at radius 2 is 0.947 bits per heavy atom. The van der Waals surface area contributed by atoms with E-state index in [1.165, 1.54) is 54.3 Å². The SMILES string of the molecule is C[N+]1(C)CCC=C(c2ccc3ccccc3c2)[B-]1(c1ccc2ccccc2c1)c1ccc2ccccc2c1. The summed E-state index contributed by atoms with van der Waals surface area (Å²) in [5, 5.41) is 7.77. The Morgan fingerprint density at radius 3 is 1.47 bits per heavy atom. The molecule has 7 rings (SSSR count). The van der Waals surface area contributed by atoms with Gasteiger partial charge in [-0.15, -0.1) is 22.5 Å². The highest BCUT2D eigenvalue weighted by molar-refractivity contribution is 7.10. The fraction of sp³-hybridized carbons (Fsp3) is 0.111. The molecule has 0 aromatic heterocycles. The number of benzene rings is 6. The van der Waals surface area contributed by atoms with E-state index in [1.54, 1.807) is 0 Å². The van der Waals surface area contributed by atoms with E-state index >= 15 is 0 Å². The first kappa shape index (κ1) is 23.0. The molecular formula is C36H32BN. The van der Waals surface area contributed by atoms with Gasteiger partial charge in [-0.25, -0.2) is 0 Å². The second-order valence-electron chi connectivity index (χ2n) is 11.5. The number of rotatable bonds is 3. The lowest BCUT2D eigenvalue weighted by atomic mass is 9.20. The van der Waals surface area contributed by atoms with Crippen LogP contribution in [0.3, 0.4) is 0 Å². The van der Waals surface area contributed by atoms with Crippen molar-refractivity contribution < 1.29 is 4.39 Å². The third-order valence-corrected chi connectivity index (χ3v) is 9.16. The lowest BCUT2D eigenvalue weighted by molar-refractivity contribution is -0.786. The third-order valence-electron chi connectivity index (χ3n) is 9.16. The van der Waals surface area contributed by atoms with Gasteiger partial charge in [0.25, 0.3) is 6.28 Å². The van der Waals surface area contributed by atoms with Crippen LogP contribution in [-0.2, 0) is 0 Å². The molecule has 0 aliphatic carbocycles. The molecule has 0 saturated heterocycles. The van der Waals surface area contributed by atoms with Crippen molar-refractivity contribution in [3.63, 3.8) is 0 Å². The Morgan fingerprint density at radius 1 is 0.500 bits per heavy atom. The average molecular weight is 489 g/mol. The minimum absolute atomic E-state index is 0.912. The molecule has 6 aromatic rings. The minimum Gasteiger partial charge on any atom is -0.509 e. The van der Waals surface area contributed by atoms with E-state index in [4.69, 9.17) is 0 Å². The highest BCUT2D eigenvalue weighted by Crippen LogP contribution is 2.38. The first-order valence-electron chi connectivity index (χ1n) is 13.7. The second-order valence-corrected chi connectivity index (χ2v) is 11.5. The van der Waals surface area contributed by atoms with Crippen LogP contribution in [0.25, 0.3) is 37.8 Å². The van der Waals surface area contributed by atoms with Crippen LogP contribution in [-0.4, -0.2) is 31.3 Å². The molecule has 0 unspecified atom stereocenters. The van der Waals surface area contributed by atoms with Gasteiger partial charge in [-0.1, -0.05) is 133 Å². The van der Waals surface area contributed by atoms with Gasteiger partial charge in [0.05, 0.1) is 0 Å². The van der Waals surface area contributed by atoms with E-state index < -0.39 is 6.28 Å². The molecule has 0 fully saturated rings. The lowest BCUT2D eigenvalue weighted by Crippen LogP contribution is -2.79. The Balaban J connectivity index is 1.58. The summed E-state index contributed by atoms with van der Waals surface area (Å²) in [6.07, 6.45) is 2.26. The summed E-state index contributed by atoms with van der Waals surface area (Å²) in [4.78, 5) is 0. The normalized spacial score (nSPS) is 16.5. The first-order chi connectivity index (χ1) is 18.6. The van der Waals surface area contributed by atoms with Gasteiger partial charge in [-0.3, -0.25) is 0 Å². The van der Waals surface area contributed by atoms with Crippen LogP contribution in [0.5, 0.6) is 0 Å². The van der Waals surface area contributed by atoms with E-state index in [-0.39, 0.29) is 0 Å². The monoisotopic (exact) mass is 489 g/mol. The van der Waals surface area contributed by atoms with Gasteiger partial charge in [0, 0.05) is 27.1 Å². The highest BCUT2D eigenvalue weighted by atomic mass is 15.3. The number of hydrogen-bond donors (Lipinski definition) is 0. The average Bonchev–Trinajstić information content (AvgIpc) is 2.96. The topological polar surface area (TPSA) is 0 Å². The number of quaternary nitrogens is 1. The highest BCUT2D eigenvalue weighted by Gasteiger charge is 2.49. The molecule has 2 heteroatoms. The standard InChI is InChI=1S/C36H32BN/c1-38(2)23-9-16-36(33-18-17-27-10-3-6-13-30(27)24-33)37(38,34-21-19-28-11-4-7-14-31(28)25-34)35-22-20-29-12-5-8-15-32(29)26-35/h3-8,10-22,24-26H,9,23H2,1-2H3. The molecule has 0 radical (unpaired) electrons. The number of nitrogens with zero attached hydrogens (tertiary/aromatic N) is 1. The molecule has 1 aliphatic heterocycles. The minimum atomic E-state index is -1.35. The van der Waals surface area contributed by atoms with Crippen LogP contribution >= 0.6 is 0 Å². The van der Waals surface area contributed by atoms with Gasteiger partial charge in [0.15, 0.2) is 0 Å². The number of hydrogen-bond acceptors (Lipinski definition) is 0. The van der Waals surface area contributed by atoms with Gasteiger partial charge in [-0.05, 0) is 32.3 Å². The van der Waals surface area contributed by atoms with Crippen molar-refractivity contribution in [2.24, 2.45) is 0 Å². The van der Waals surface area contributed by atoms with Gasteiger partial charge in [-0.2, -0.15) is 0 Å². The molecule has 1 nitrogen and oxygen atoms in total. The van der Waals surface area contributed by atoms with Crippen molar-refractivity contribution in [2.75, 3.05) is 20.6 Å². The third kappa shape index (κ3) is 3.45. The van der Waals surface area contributed by atoms with E-state index in [1.807, 2.05) is 0 Å². The number of fused-ring (bicyclic) bond motifs is 3. The molecule has 184 valence electrons. The fourth-order valence-corrected chi connectivity index (χ4v) is 7.32. The summed E-state index contributed by atoms with van der Waals surface area (Å²) < 4.78 is 0.912. The molecule has 0 bridgehead atoms. The maximum Gasteiger partial charge on any atom is 0.291 e. The Kier molecular flexibility index (Phi) is 5.28. The molecule has 0 spiro atoms. The molecule has 0 saturated carbocycles.